The zero-order chi connectivity index (χ0) is 13.5. The normalized spacial score (nSPS) is 32.4. The van der Waals surface area contributed by atoms with Gasteiger partial charge in [0.1, 0.15) is 0 Å². The van der Waals surface area contributed by atoms with Gasteiger partial charge in [-0.05, 0) is 52.9 Å². The van der Waals surface area contributed by atoms with E-state index in [0.717, 1.165) is 6.54 Å². The summed E-state index contributed by atoms with van der Waals surface area (Å²) in [5.41, 5.74) is 0. The van der Waals surface area contributed by atoms with Crippen LogP contribution in [-0.4, -0.2) is 86.2 Å². The van der Waals surface area contributed by atoms with Crippen LogP contribution in [0.2, 0.25) is 0 Å². The van der Waals surface area contributed by atoms with Gasteiger partial charge in [-0.3, -0.25) is 4.90 Å². The third-order valence-corrected chi connectivity index (χ3v) is 4.52. The number of nitrogens with zero attached hydrogens (tertiary/aromatic N) is 3. The highest BCUT2D eigenvalue weighted by Gasteiger charge is 2.16. The Hall–Kier alpha value is -0.160. The molecule has 0 radical (unpaired) electrons. The fraction of sp³-hybridized carbons (Fsp3) is 1.00. The van der Waals surface area contributed by atoms with Crippen LogP contribution < -0.4 is 5.32 Å². The molecular weight excluding hydrogens is 236 g/mol. The second kappa shape index (κ2) is 8.20. The van der Waals surface area contributed by atoms with Gasteiger partial charge in [0, 0.05) is 45.3 Å². The van der Waals surface area contributed by atoms with E-state index in [-0.39, 0.29) is 0 Å². The summed E-state index contributed by atoms with van der Waals surface area (Å²) in [4.78, 5) is 7.97. The molecule has 2 saturated heterocycles. The van der Waals surface area contributed by atoms with Crippen LogP contribution in [0.15, 0.2) is 0 Å². The minimum Gasteiger partial charge on any atom is -0.315 e. The topological polar surface area (TPSA) is 21.8 Å². The smallest absolute Gasteiger partial charge is 0.0112 e. The van der Waals surface area contributed by atoms with Gasteiger partial charge in [0.2, 0.25) is 0 Å². The van der Waals surface area contributed by atoms with Crippen molar-refractivity contribution in [2.75, 3.05) is 65.4 Å². The summed E-state index contributed by atoms with van der Waals surface area (Å²) in [5.74, 6) is 0. The lowest BCUT2D eigenvalue weighted by molar-refractivity contribution is 0.129. The highest BCUT2D eigenvalue weighted by Crippen LogP contribution is 2.06. The van der Waals surface area contributed by atoms with Crippen molar-refractivity contribution in [2.45, 2.75) is 32.7 Å². The highest BCUT2D eigenvalue weighted by molar-refractivity contribution is 4.73. The molecule has 19 heavy (non-hydrogen) atoms. The van der Waals surface area contributed by atoms with Crippen LogP contribution in [0.3, 0.4) is 0 Å². The van der Waals surface area contributed by atoms with Crippen molar-refractivity contribution >= 4 is 0 Å². The molecule has 2 fully saturated rings. The largest absolute Gasteiger partial charge is 0.315 e. The molecule has 2 aliphatic rings. The summed E-state index contributed by atoms with van der Waals surface area (Å²) < 4.78 is 0. The minimum absolute atomic E-state index is 0.685. The van der Waals surface area contributed by atoms with E-state index in [0.29, 0.717) is 6.04 Å². The van der Waals surface area contributed by atoms with Crippen LogP contribution in [0.1, 0.15) is 26.7 Å². The molecule has 2 aliphatic heterocycles. The molecule has 0 saturated carbocycles. The van der Waals surface area contributed by atoms with E-state index in [1.54, 1.807) is 0 Å². The maximum Gasteiger partial charge on any atom is 0.0112 e. The Bertz CT molecular complexity index is 244. The van der Waals surface area contributed by atoms with Crippen LogP contribution in [0, 0.1) is 0 Å². The molecule has 2 bridgehead atoms. The Morgan fingerprint density at radius 1 is 0.684 bits per heavy atom. The Kier molecular flexibility index (Phi) is 6.57. The van der Waals surface area contributed by atoms with Crippen molar-refractivity contribution in [1.82, 2.24) is 20.0 Å². The minimum atomic E-state index is 0.685. The molecule has 0 aromatic carbocycles. The molecule has 4 nitrogen and oxygen atoms in total. The Balaban J connectivity index is 1.95. The summed E-state index contributed by atoms with van der Waals surface area (Å²) in [6, 6.07) is 0.685. The maximum absolute atomic E-state index is 3.57. The Morgan fingerprint density at radius 2 is 1.37 bits per heavy atom. The second-order valence-electron chi connectivity index (χ2n) is 6.27. The van der Waals surface area contributed by atoms with Gasteiger partial charge in [0.15, 0.2) is 0 Å². The third kappa shape index (κ3) is 5.38. The van der Waals surface area contributed by atoms with Crippen molar-refractivity contribution in [3.8, 4) is 0 Å². The molecule has 0 amide bonds. The first-order valence-electron chi connectivity index (χ1n) is 8.15. The lowest BCUT2D eigenvalue weighted by Crippen LogP contribution is -2.47. The zero-order valence-electron chi connectivity index (χ0n) is 12.9. The van der Waals surface area contributed by atoms with Crippen molar-refractivity contribution in [3.63, 3.8) is 0 Å². The molecule has 0 aliphatic carbocycles. The van der Waals surface area contributed by atoms with Crippen LogP contribution >= 0.6 is 0 Å². The molecule has 4 heteroatoms. The van der Waals surface area contributed by atoms with Gasteiger partial charge in [0.05, 0.1) is 0 Å². The number of rotatable bonds is 1. The van der Waals surface area contributed by atoms with Crippen LogP contribution in [0.5, 0.6) is 0 Å². The third-order valence-electron chi connectivity index (χ3n) is 4.52. The van der Waals surface area contributed by atoms with E-state index >= 15 is 0 Å². The first-order valence-corrected chi connectivity index (χ1v) is 8.15. The molecular formula is C15H32N4. The predicted molar refractivity (Wildman–Crippen MR) is 81.7 cm³/mol. The lowest BCUT2D eigenvalue weighted by atomic mass is 10.2. The molecule has 2 unspecified atom stereocenters. The summed E-state index contributed by atoms with van der Waals surface area (Å²) >= 11 is 0. The van der Waals surface area contributed by atoms with E-state index in [4.69, 9.17) is 0 Å². The van der Waals surface area contributed by atoms with Gasteiger partial charge in [-0.2, -0.15) is 0 Å². The monoisotopic (exact) mass is 268 g/mol. The molecule has 2 heterocycles. The summed E-state index contributed by atoms with van der Waals surface area (Å²) in [6.45, 7) is 17.0. The van der Waals surface area contributed by atoms with Gasteiger partial charge in [-0.15, -0.1) is 0 Å². The molecule has 0 spiro atoms. The molecule has 1 N–H and O–H groups in total. The summed E-state index contributed by atoms with van der Waals surface area (Å²) in [5, 5.41) is 3.57. The fourth-order valence-corrected chi connectivity index (χ4v) is 3.14. The molecule has 2 atom stereocenters. The molecule has 2 rings (SSSR count). The van der Waals surface area contributed by atoms with Crippen LogP contribution in [0.4, 0.5) is 0 Å². The average Bonchev–Trinajstić information content (AvgIpc) is 2.41. The highest BCUT2D eigenvalue weighted by atomic mass is 15.2. The van der Waals surface area contributed by atoms with E-state index < -0.39 is 0 Å². The lowest BCUT2D eigenvalue weighted by Gasteiger charge is -2.35. The summed E-state index contributed by atoms with van der Waals surface area (Å²) in [6.07, 6.45) is 2.61. The van der Waals surface area contributed by atoms with Gasteiger partial charge in [-0.1, -0.05) is 0 Å². The number of fused-ring (bicyclic) bond motifs is 3. The quantitative estimate of drug-likeness (QED) is 0.755. The summed E-state index contributed by atoms with van der Waals surface area (Å²) in [7, 11) is 0. The van der Waals surface area contributed by atoms with Crippen molar-refractivity contribution in [1.29, 1.82) is 0 Å². The maximum atomic E-state index is 3.57. The van der Waals surface area contributed by atoms with Crippen LogP contribution in [0.25, 0.3) is 0 Å². The Labute approximate surface area is 119 Å². The van der Waals surface area contributed by atoms with Crippen LogP contribution in [-0.2, 0) is 0 Å². The van der Waals surface area contributed by atoms with E-state index in [1.165, 1.54) is 71.7 Å². The van der Waals surface area contributed by atoms with E-state index in [2.05, 4.69) is 33.9 Å². The average molecular weight is 268 g/mol. The molecule has 0 aromatic heterocycles. The number of nitrogens with one attached hydrogen (secondary N) is 1. The Morgan fingerprint density at radius 3 is 2.16 bits per heavy atom. The van der Waals surface area contributed by atoms with E-state index in [9.17, 15) is 0 Å². The fourth-order valence-electron chi connectivity index (χ4n) is 3.14. The van der Waals surface area contributed by atoms with Crippen molar-refractivity contribution < 1.29 is 0 Å². The van der Waals surface area contributed by atoms with Gasteiger partial charge in [-0.25, -0.2) is 0 Å². The number of hydrogen-bond acceptors (Lipinski definition) is 4. The molecule has 112 valence electrons. The SMILES string of the molecule is CC(C)N1CCCN2CCNCCCN(CC2)CC1. The second-order valence-corrected chi connectivity index (χ2v) is 6.27. The zero-order valence-corrected chi connectivity index (χ0v) is 12.9. The number of hydrogen-bond donors (Lipinski definition) is 1. The first kappa shape index (κ1) is 15.2. The van der Waals surface area contributed by atoms with Gasteiger partial charge < -0.3 is 15.1 Å². The first-order chi connectivity index (χ1) is 9.25. The predicted octanol–water partition coefficient (Wildman–Crippen LogP) is 0.698. The standard InChI is InChI=1S/C15H32N4/c1-15(2)19-9-4-8-17-10-6-16-5-3-7-18(12-11-17)13-14-19/h15-16H,3-14H2,1-2H3. The van der Waals surface area contributed by atoms with E-state index in [1.807, 2.05) is 0 Å². The van der Waals surface area contributed by atoms with Gasteiger partial charge in [0.25, 0.3) is 0 Å². The van der Waals surface area contributed by atoms with Crippen molar-refractivity contribution in [3.05, 3.63) is 0 Å². The molecule has 0 aromatic rings. The van der Waals surface area contributed by atoms with Crippen molar-refractivity contribution in [2.24, 2.45) is 0 Å². The van der Waals surface area contributed by atoms with Gasteiger partial charge >= 0.3 is 0 Å².